The van der Waals surface area contributed by atoms with Crippen LogP contribution in [0.1, 0.15) is 65.2 Å². The van der Waals surface area contributed by atoms with Gasteiger partial charge in [-0.3, -0.25) is 0 Å². The van der Waals surface area contributed by atoms with Crippen LogP contribution in [0.3, 0.4) is 0 Å². The van der Waals surface area contributed by atoms with Gasteiger partial charge >= 0.3 is 0 Å². The van der Waals surface area contributed by atoms with E-state index in [9.17, 15) is 5.21 Å². The van der Waals surface area contributed by atoms with Gasteiger partial charge in [0.05, 0.1) is 17.1 Å². The van der Waals surface area contributed by atoms with E-state index in [1.54, 1.807) is 5.01 Å². The van der Waals surface area contributed by atoms with Crippen molar-refractivity contribution in [1.82, 2.24) is 5.01 Å². The third-order valence-electron chi connectivity index (χ3n) is 3.87. The summed E-state index contributed by atoms with van der Waals surface area (Å²) in [6, 6.07) is 0.448. The number of rotatable bonds is 9. The summed E-state index contributed by atoms with van der Waals surface area (Å²) in [4.78, 5) is 5.72. The number of aliphatic hydroxyl groups excluding tert-OH is 1. The van der Waals surface area contributed by atoms with Gasteiger partial charge in [-0.05, 0) is 52.4 Å². The van der Waals surface area contributed by atoms with Crippen LogP contribution in [0.5, 0.6) is 0 Å². The maximum Gasteiger partial charge on any atom is 0.233 e. The van der Waals surface area contributed by atoms with E-state index < -0.39 is 0 Å². The summed E-state index contributed by atoms with van der Waals surface area (Å²) in [5, 5.41) is 26.0. The number of hydrogen-bond donors (Lipinski definition) is 1. The summed E-state index contributed by atoms with van der Waals surface area (Å²) < 4.78 is 0. The molecule has 1 fully saturated rings. The first-order chi connectivity index (χ1) is 9.66. The first-order valence-electron chi connectivity index (χ1n) is 7.86. The average Bonchev–Trinajstić information content (AvgIpc) is 2.41. The lowest BCUT2D eigenvalue weighted by molar-refractivity contribution is -0.727. The first-order valence-corrected chi connectivity index (χ1v) is 7.86. The molecule has 0 spiro atoms. The average molecular weight is 287 g/mol. The number of hydrazine groups is 1. The van der Waals surface area contributed by atoms with Crippen LogP contribution in [0, 0.1) is 5.21 Å². The van der Waals surface area contributed by atoms with Crippen molar-refractivity contribution in [2.24, 2.45) is 5.28 Å². The molecule has 1 heterocycles. The Kier molecular flexibility index (Phi) is 8.34. The second-order valence-corrected chi connectivity index (χ2v) is 5.67. The summed E-state index contributed by atoms with van der Waals surface area (Å²) in [6.45, 7) is 4.85. The SMILES string of the molecule is C[C@@H]1CCC[C@H](C)N1/[N+]([O-])=N/OCCCCCCCO. The van der Waals surface area contributed by atoms with Crippen molar-refractivity contribution in [2.45, 2.75) is 77.3 Å². The molecular formula is C14H29N3O3. The van der Waals surface area contributed by atoms with Gasteiger partial charge in [-0.2, -0.15) is 0 Å². The standard InChI is InChI=1S/C14H29N3O3/c1-13-9-8-10-14(2)16(13)17(19)15-20-12-7-5-3-4-6-11-18/h13-14,18H,3-12H2,1-2H3/b17-15-/t13-,14+. The second kappa shape index (κ2) is 9.80. The van der Waals surface area contributed by atoms with Crippen molar-refractivity contribution < 1.29 is 14.9 Å². The van der Waals surface area contributed by atoms with Crippen LogP contribution in [0.15, 0.2) is 5.28 Å². The predicted molar refractivity (Wildman–Crippen MR) is 76.8 cm³/mol. The smallest absolute Gasteiger partial charge is 0.233 e. The highest BCUT2D eigenvalue weighted by Crippen LogP contribution is 2.22. The van der Waals surface area contributed by atoms with Crippen molar-refractivity contribution in [2.75, 3.05) is 13.2 Å². The molecule has 1 aliphatic rings. The number of unbranched alkanes of at least 4 members (excludes halogenated alkanes) is 4. The van der Waals surface area contributed by atoms with Crippen LogP contribution in [-0.2, 0) is 4.84 Å². The molecule has 1 rings (SSSR count). The van der Waals surface area contributed by atoms with Crippen LogP contribution in [0.25, 0.3) is 0 Å². The van der Waals surface area contributed by atoms with E-state index in [1.807, 2.05) is 0 Å². The summed E-state index contributed by atoms with van der Waals surface area (Å²) in [5.74, 6) is 0. The van der Waals surface area contributed by atoms with Gasteiger partial charge in [0.2, 0.25) is 5.28 Å². The van der Waals surface area contributed by atoms with Crippen LogP contribution in [0.4, 0.5) is 0 Å². The van der Waals surface area contributed by atoms with Gasteiger partial charge in [-0.15, -0.1) is 5.01 Å². The van der Waals surface area contributed by atoms with Crippen molar-refractivity contribution in [3.8, 4) is 0 Å². The highest BCUT2D eigenvalue weighted by molar-refractivity contribution is 4.72. The topological polar surface area (TPSA) is 71.1 Å². The molecule has 6 nitrogen and oxygen atoms in total. The highest BCUT2D eigenvalue weighted by Gasteiger charge is 2.31. The molecule has 0 aromatic rings. The Morgan fingerprint density at radius 3 is 2.40 bits per heavy atom. The molecule has 0 saturated carbocycles. The number of aliphatic hydroxyl groups is 1. The van der Waals surface area contributed by atoms with Gasteiger partial charge in [-0.25, -0.2) is 0 Å². The molecule has 118 valence electrons. The zero-order chi connectivity index (χ0) is 14.8. The van der Waals surface area contributed by atoms with Crippen LogP contribution >= 0.6 is 0 Å². The molecule has 1 aliphatic heterocycles. The van der Waals surface area contributed by atoms with Crippen molar-refractivity contribution >= 4 is 0 Å². The van der Waals surface area contributed by atoms with E-state index in [2.05, 4.69) is 19.1 Å². The Balaban J connectivity index is 2.17. The molecule has 1 saturated heterocycles. The molecule has 0 radical (unpaired) electrons. The highest BCUT2D eigenvalue weighted by atomic mass is 16.7. The predicted octanol–water partition coefficient (Wildman–Crippen LogP) is 3.00. The third kappa shape index (κ3) is 5.94. The van der Waals surface area contributed by atoms with E-state index in [0.717, 1.165) is 44.9 Å². The van der Waals surface area contributed by atoms with E-state index in [4.69, 9.17) is 9.94 Å². The van der Waals surface area contributed by atoms with Crippen LogP contribution in [-0.4, -0.2) is 40.4 Å². The lowest BCUT2D eigenvalue weighted by atomic mass is 10.00. The van der Waals surface area contributed by atoms with Crippen molar-refractivity contribution in [3.63, 3.8) is 0 Å². The zero-order valence-electron chi connectivity index (χ0n) is 12.8. The lowest BCUT2D eigenvalue weighted by Gasteiger charge is -2.33. The van der Waals surface area contributed by atoms with E-state index in [-0.39, 0.29) is 18.7 Å². The molecule has 0 bridgehead atoms. The normalized spacial score (nSPS) is 23.9. The molecular weight excluding hydrogens is 258 g/mol. The van der Waals surface area contributed by atoms with E-state index >= 15 is 0 Å². The number of nitrogens with zero attached hydrogens (tertiary/aromatic N) is 3. The van der Waals surface area contributed by atoms with E-state index in [1.165, 1.54) is 6.42 Å². The van der Waals surface area contributed by atoms with Gasteiger partial charge in [-0.1, -0.05) is 12.8 Å². The van der Waals surface area contributed by atoms with Crippen molar-refractivity contribution in [3.05, 3.63) is 5.21 Å². The number of hydrogen-bond acceptors (Lipinski definition) is 4. The summed E-state index contributed by atoms with van der Waals surface area (Å²) in [6.07, 6.45) is 8.17. The van der Waals surface area contributed by atoms with Crippen LogP contribution in [0.2, 0.25) is 0 Å². The second-order valence-electron chi connectivity index (χ2n) is 5.67. The Bertz CT molecular complexity index is 277. The Labute approximate surface area is 121 Å². The number of piperidine rings is 1. The van der Waals surface area contributed by atoms with E-state index in [0.29, 0.717) is 11.6 Å². The zero-order valence-corrected chi connectivity index (χ0v) is 12.8. The summed E-state index contributed by atoms with van der Waals surface area (Å²) in [7, 11) is 0. The van der Waals surface area contributed by atoms with Gasteiger partial charge in [0.15, 0.2) is 0 Å². The third-order valence-corrected chi connectivity index (χ3v) is 3.87. The largest absolute Gasteiger partial charge is 0.569 e. The monoisotopic (exact) mass is 287 g/mol. The maximum atomic E-state index is 11.9. The minimum Gasteiger partial charge on any atom is -0.569 e. The van der Waals surface area contributed by atoms with Gasteiger partial charge in [0.1, 0.15) is 6.61 Å². The maximum absolute atomic E-state index is 11.9. The van der Waals surface area contributed by atoms with Gasteiger partial charge < -0.3 is 15.2 Å². The molecule has 0 unspecified atom stereocenters. The minimum atomic E-state index is 0.224. The van der Waals surface area contributed by atoms with Crippen LogP contribution < -0.4 is 0 Å². The molecule has 0 aliphatic carbocycles. The molecule has 2 atom stereocenters. The summed E-state index contributed by atoms with van der Waals surface area (Å²) in [5.41, 5.74) is 0. The molecule has 0 aromatic heterocycles. The fraction of sp³-hybridized carbons (Fsp3) is 1.00. The molecule has 20 heavy (non-hydrogen) atoms. The Morgan fingerprint density at radius 1 is 1.15 bits per heavy atom. The fourth-order valence-electron chi connectivity index (χ4n) is 2.69. The Hall–Kier alpha value is -1.04. The van der Waals surface area contributed by atoms with Gasteiger partial charge in [0, 0.05) is 6.61 Å². The lowest BCUT2D eigenvalue weighted by Crippen LogP contribution is -2.47. The minimum absolute atomic E-state index is 0.224. The Morgan fingerprint density at radius 2 is 1.75 bits per heavy atom. The summed E-state index contributed by atoms with van der Waals surface area (Å²) >= 11 is 0. The van der Waals surface area contributed by atoms with Gasteiger partial charge in [0.25, 0.3) is 0 Å². The quantitative estimate of drug-likeness (QED) is 0.306. The first kappa shape index (κ1) is 17.0. The fourth-order valence-corrected chi connectivity index (χ4v) is 2.69. The molecule has 0 amide bonds. The molecule has 0 aromatic carbocycles. The molecule has 6 heteroatoms. The molecule has 1 N–H and O–H groups in total. The van der Waals surface area contributed by atoms with Crippen molar-refractivity contribution in [1.29, 1.82) is 0 Å².